The summed E-state index contributed by atoms with van der Waals surface area (Å²) >= 11 is 0. The zero-order valence-electron chi connectivity index (χ0n) is 21.8. The summed E-state index contributed by atoms with van der Waals surface area (Å²) in [6, 6.07) is 5.76. The number of pyridine rings is 2. The van der Waals surface area contributed by atoms with Crippen LogP contribution in [0, 0.1) is 5.82 Å². The van der Waals surface area contributed by atoms with Crippen LogP contribution >= 0.6 is 0 Å². The van der Waals surface area contributed by atoms with Gasteiger partial charge in [-0.2, -0.15) is 5.10 Å². The summed E-state index contributed by atoms with van der Waals surface area (Å²) in [4.78, 5) is 8.68. The van der Waals surface area contributed by atoms with Gasteiger partial charge in [0.05, 0.1) is 31.2 Å². The van der Waals surface area contributed by atoms with E-state index in [0.29, 0.717) is 54.0 Å². The minimum absolute atomic E-state index is 0.0473. The SMILES string of the molecule is COc1ncc(F)cc1-c1c(-c2c(C(F)F)nn3c2OCCC3)n(COCC[Si](C)(C)C)c2ncccc12. The monoisotopic (exact) mass is 545 g/mol. The molecule has 202 valence electrons. The normalized spacial score (nSPS) is 13.7. The van der Waals surface area contributed by atoms with Crippen LogP contribution in [0.1, 0.15) is 18.5 Å². The standard InChI is InChI=1S/C26H30F3N5O3Si/c1-35-25-18(13-16(27)14-31-25)19-17-7-5-8-30-24(17)33(15-36-11-12-38(2,3)4)22(19)20-21(23(28)29)32-34-9-6-10-37-26(20)34/h5,7-8,13-14,23H,6,9-12,15H2,1-4H3. The molecule has 12 heteroatoms. The Morgan fingerprint density at radius 2 is 2.00 bits per heavy atom. The van der Waals surface area contributed by atoms with Crippen molar-refractivity contribution in [3.05, 3.63) is 42.1 Å². The van der Waals surface area contributed by atoms with Gasteiger partial charge >= 0.3 is 0 Å². The number of nitrogens with zero attached hydrogens (tertiary/aromatic N) is 5. The number of ether oxygens (including phenoxy) is 3. The molecule has 8 nitrogen and oxygen atoms in total. The minimum Gasteiger partial charge on any atom is -0.481 e. The topological polar surface area (TPSA) is 76.2 Å². The van der Waals surface area contributed by atoms with Gasteiger partial charge in [-0.05, 0) is 24.2 Å². The summed E-state index contributed by atoms with van der Waals surface area (Å²) < 4.78 is 64.2. The number of rotatable bonds is 9. The molecular formula is C26H30F3N5O3Si. The van der Waals surface area contributed by atoms with Gasteiger partial charge in [-0.1, -0.05) is 19.6 Å². The van der Waals surface area contributed by atoms with Crippen molar-refractivity contribution in [3.63, 3.8) is 0 Å². The average Bonchev–Trinajstić information content (AvgIpc) is 3.42. The lowest BCUT2D eigenvalue weighted by molar-refractivity contribution is 0.0908. The number of hydrogen-bond donors (Lipinski definition) is 0. The first-order chi connectivity index (χ1) is 18.2. The molecule has 5 heterocycles. The summed E-state index contributed by atoms with van der Waals surface area (Å²) in [6.07, 6.45) is 0.441. The lowest BCUT2D eigenvalue weighted by atomic mass is 9.99. The fraction of sp³-hybridized carbons (Fsp3) is 0.423. The van der Waals surface area contributed by atoms with E-state index in [9.17, 15) is 13.2 Å². The average molecular weight is 546 g/mol. The molecule has 4 aromatic rings. The van der Waals surface area contributed by atoms with Gasteiger partial charge in [-0.15, -0.1) is 0 Å². The molecule has 0 amide bonds. The summed E-state index contributed by atoms with van der Waals surface area (Å²) in [6.45, 7) is 8.12. The number of alkyl halides is 2. The zero-order valence-corrected chi connectivity index (χ0v) is 22.8. The number of aryl methyl sites for hydroxylation is 1. The van der Waals surface area contributed by atoms with Gasteiger partial charge in [0, 0.05) is 50.4 Å². The van der Waals surface area contributed by atoms with Gasteiger partial charge in [-0.3, -0.25) is 0 Å². The van der Waals surface area contributed by atoms with E-state index in [4.69, 9.17) is 14.2 Å². The third kappa shape index (κ3) is 4.89. The van der Waals surface area contributed by atoms with Gasteiger partial charge in [0.1, 0.15) is 23.9 Å². The molecule has 0 radical (unpaired) electrons. The summed E-state index contributed by atoms with van der Waals surface area (Å²) in [5, 5.41) is 4.82. The lowest BCUT2D eigenvalue weighted by Crippen LogP contribution is -2.22. The quantitative estimate of drug-likeness (QED) is 0.186. The summed E-state index contributed by atoms with van der Waals surface area (Å²) in [5.41, 5.74) is 1.30. The van der Waals surface area contributed by atoms with E-state index < -0.39 is 26.0 Å². The first-order valence-electron chi connectivity index (χ1n) is 12.5. The fourth-order valence-electron chi connectivity index (χ4n) is 4.66. The van der Waals surface area contributed by atoms with Crippen molar-refractivity contribution in [2.75, 3.05) is 20.3 Å². The van der Waals surface area contributed by atoms with Crippen molar-refractivity contribution in [3.8, 4) is 34.1 Å². The van der Waals surface area contributed by atoms with E-state index in [1.807, 2.05) is 6.07 Å². The molecule has 0 atom stereocenters. The van der Waals surface area contributed by atoms with Crippen LogP contribution in [-0.4, -0.2) is 52.7 Å². The first kappa shape index (κ1) is 26.2. The second kappa shape index (κ2) is 10.4. The maximum atomic E-state index is 14.6. The van der Waals surface area contributed by atoms with E-state index in [0.717, 1.165) is 12.2 Å². The van der Waals surface area contributed by atoms with Crippen molar-refractivity contribution in [2.45, 2.75) is 51.8 Å². The largest absolute Gasteiger partial charge is 0.481 e. The van der Waals surface area contributed by atoms with E-state index in [2.05, 4.69) is 34.7 Å². The molecule has 0 N–H and O–H groups in total. The van der Waals surface area contributed by atoms with Crippen LogP contribution in [-0.2, 0) is 18.0 Å². The molecule has 5 rings (SSSR count). The zero-order chi connectivity index (χ0) is 27.0. The van der Waals surface area contributed by atoms with Crippen LogP contribution in [0.2, 0.25) is 25.7 Å². The molecule has 0 bridgehead atoms. The molecule has 0 aromatic carbocycles. The Morgan fingerprint density at radius 3 is 2.74 bits per heavy atom. The molecule has 4 aromatic heterocycles. The molecule has 0 saturated heterocycles. The summed E-state index contributed by atoms with van der Waals surface area (Å²) in [7, 11) is 0.0523. The Labute approximate surface area is 219 Å². The predicted molar refractivity (Wildman–Crippen MR) is 140 cm³/mol. The van der Waals surface area contributed by atoms with Gasteiger partial charge in [0.25, 0.3) is 6.43 Å². The van der Waals surface area contributed by atoms with Gasteiger partial charge in [-0.25, -0.2) is 27.8 Å². The number of hydrogen-bond acceptors (Lipinski definition) is 6. The Morgan fingerprint density at radius 1 is 1.18 bits per heavy atom. The predicted octanol–water partition coefficient (Wildman–Crippen LogP) is 6.14. The molecule has 0 unspecified atom stereocenters. The Bertz CT molecular complexity index is 1460. The third-order valence-electron chi connectivity index (χ3n) is 6.45. The third-order valence-corrected chi connectivity index (χ3v) is 8.15. The maximum Gasteiger partial charge on any atom is 0.282 e. The first-order valence-corrected chi connectivity index (χ1v) is 16.2. The smallest absolute Gasteiger partial charge is 0.282 e. The number of fused-ring (bicyclic) bond motifs is 2. The van der Waals surface area contributed by atoms with Crippen LogP contribution < -0.4 is 9.47 Å². The Hall–Kier alpha value is -3.38. The van der Waals surface area contributed by atoms with Crippen LogP contribution in [0.4, 0.5) is 13.2 Å². The van der Waals surface area contributed by atoms with Crippen molar-refractivity contribution in [1.82, 2.24) is 24.3 Å². The van der Waals surface area contributed by atoms with Crippen molar-refractivity contribution in [2.24, 2.45) is 0 Å². The molecule has 1 aliphatic rings. The molecule has 0 saturated carbocycles. The van der Waals surface area contributed by atoms with Crippen molar-refractivity contribution < 1.29 is 27.4 Å². The highest BCUT2D eigenvalue weighted by molar-refractivity contribution is 6.76. The van der Waals surface area contributed by atoms with Crippen molar-refractivity contribution >= 4 is 19.1 Å². The van der Waals surface area contributed by atoms with Crippen LogP contribution in [0.3, 0.4) is 0 Å². The molecule has 0 spiro atoms. The van der Waals surface area contributed by atoms with Crippen molar-refractivity contribution in [1.29, 1.82) is 0 Å². The molecule has 1 aliphatic heterocycles. The van der Waals surface area contributed by atoms with Gasteiger partial charge < -0.3 is 18.8 Å². The highest BCUT2D eigenvalue weighted by atomic mass is 28.3. The van der Waals surface area contributed by atoms with E-state index >= 15 is 0 Å². The van der Waals surface area contributed by atoms with Gasteiger partial charge in [0.2, 0.25) is 11.8 Å². The molecule has 0 aliphatic carbocycles. The second-order valence-corrected chi connectivity index (χ2v) is 16.0. The summed E-state index contributed by atoms with van der Waals surface area (Å²) in [5.74, 6) is -0.205. The van der Waals surface area contributed by atoms with Crippen LogP contribution in [0.15, 0.2) is 30.6 Å². The van der Waals surface area contributed by atoms with E-state index in [1.165, 1.54) is 17.9 Å². The molecular weight excluding hydrogens is 515 g/mol. The number of methoxy groups -OCH3 is 1. The Kier molecular flexibility index (Phi) is 7.19. The number of aromatic nitrogens is 5. The second-order valence-electron chi connectivity index (χ2n) is 10.4. The Balaban J connectivity index is 1.82. The molecule has 38 heavy (non-hydrogen) atoms. The van der Waals surface area contributed by atoms with E-state index in [1.54, 1.807) is 16.8 Å². The maximum absolute atomic E-state index is 14.6. The minimum atomic E-state index is -2.88. The lowest BCUT2D eigenvalue weighted by Gasteiger charge is -2.19. The van der Waals surface area contributed by atoms with Gasteiger partial charge in [0.15, 0.2) is 0 Å². The highest BCUT2D eigenvalue weighted by Gasteiger charge is 2.34. The van der Waals surface area contributed by atoms with Crippen LogP contribution in [0.25, 0.3) is 33.4 Å². The fourth-order valence-corrected chi connectivity index (χ4v) is 5.41. The van der Waals surface area contributed by atoms with E-state index in [-0.39, 0.29) is 24.1 Å². The van der Waals surface area contributed by atoms with Crippen LogP contribution in [0.5, 0.6) is 11.8 Å². The number of halogens is 3. The molecule has 0 fully saturated rings. The highest BCUT2D eigenvalue weighted by Crippen LogP contribution is 2.49.